The average molecular weight is 240 g/mol. The normalized spacial score (nSPS) is 10.5. The van der Waals surface area contributed by atoms with Crippen molar-refractivity contribution in [3.63, 3.8) is 0 Å². The van der Waals surface area contributed by atoms with E-state index in [0.717, 1.165) is 16.8 Å². The molecule has 0 aliphatic rings. The molecule has 0 atom stereocenters. The molecule has 0 amide bonds. The minimum atomic E-state index is 0.489. The van der Waals surface area contributed by atoms with Gasteiger partial charge in [-0.15, -0.1) is 0 Å². The van der Waals surface area contributed by atoms with Crippen LogP contribution in [0, 0.1) is 0 Å². The van der Waals surface area contributed by atoms with Crippen molar-refractivity contribution in [2.24, 2.45) is 5.16 Å². The largest absolute Gasteiger partial charge is 0.391 e. The van der Waals surface area contributed by atoms with Gasteiger partial charge in [0.2, 0.25) is 0 Å². The SMILES string of the molecule is CNc1cccc(C=NOCc2ccccc2)c1. The van der Waals surface area contributed by atoms with E-state index >= 15 is 0 Å². The number of nitrogens with zero attached hydrogens (tertiary/aromatic N) is 1. The maximum Gasteiger partial charge on any atom is 0.142 e. The molecule has 0 spiro atoms. The third-order valence-corrected chi connectivity index (χ3v) is 2.53. The lowest BCUT2D eigenvalue weighted by Gasteiger charge is -2.01. The van der Waals surface area contributed by atoms with Gasteiger partial charge in [0.1, 0.15) is 6.61 Å². The fraction of sp³-hybridized carbons (Fsp3) is 0.133. The highest BCUT2D eigenvalue weighted by atomic mass is 16.6. The third-order valence-electron chi connectivity index (χ3n) is 2.53. The lowest BCUT2D eigenvalue weighted by molar-refractivity contribution is 0.132. The number of hydrogen-bond donors (Lipinski definition) is 1. The number of oxime groups is 1. The molecule has 0 radical (unpaired) electrons. The van der Waals surface area contributed by atoms with Gasteiger partial charge in [0.05, 0.1) is 6.21 Å². The van der Waals surface area contributed by atoms with Gasteiger partial charge in [0.15, 0.2) is 0 Å². The molecular weight excluding hydrogens is 224 g/mol. The van der Waals surface area contributed by atoms with Crippen molar-refractivity contribution in [3.05, 3.63) is 65.7 Å². The summed E-state index contributed by atoms with van der Waals surface area (Å²) < 4.78 is 0. The van der Waals surface area contributed by atoms with Gasteiger partial charge in [-0.05, 0) is 23.3 Å². The quantitative estimate of drug-likeness (QED) is 0.642. The van der Waals surface area contributed by atoms with Crippen molar-refractivity contribution >= 4 is 11.9 Å². The molecule has 0 unspecified atom stereocenters. The van der Waals surface area contributed by atoms with Gasteiger partial charge in [-0.3, -0.25) is 0 Å². The molecule has 0 fully saturated rings. The van der Waals surface area contributed by atoms with Crippen LogP contribution in [0.1, 0.15) is 11.1 Å². The van der Waals surface area contributed by atoms with Crippen LogP contribution in [0.15, 0.2) is 59.8 Å². The summed E-state index contributed by atoms with van der Waals surface area (Å²) in [5.74, 6) is 0. The van der Waals surface area contributed by atoms with Crippen molar-refractivity contribution in [1.82, 2.24) is 0 Å². The smallest absolute Gasteiger partial charge is 0.142 e. The molecule has 92 valence electrons. The van der Waals surface area contributed by atoms with Crippen molar-refractivity contribution in [2.75, 3.05) is 12.4 Å². The van der Waals surface area contributed by atoms with Gasteiger partial charge >= 0.3 is 0 Å². The Morgan fingerprint density at radius 3 is 2.72 bits per heavy atom. The van der Waals surface area contributed by atoms with Crippen molar-refractivity contribution < 1.29 is 4.84 Å². The van der Waals surface area contributed by atoms with E-state index in [1.165, 1.54) is 0 Å². The van der Waals surface area contributed by atoms with Crippen LogP contribution in [0.4, 0.5) is 5.69 Å². The van der Waals surface area contributed by atoms with Gasteiger partial charge in [0.25, 0.3) is 0 Å². The van der Waals surface area contributed by atoms with E-state index in [1.54, 1.807) is 6.21 Å². The number of hydrogen-bond acceptors (Lipinski definition) is 3. The Balaban J connectivity index is 1.87. The first kappa shape index (κ1) is 12.2. The molecule has 0 bridgehead atoms. The molecule has 0 aliphatic heterocycles. The predicted molar refractivity (Wildman–Crippen MR) is 74.8 cm³/mol. The Hall–Kier alpha value is -2.29. The Kier molecular flexibility index (Phi) is 4.36. The summed E-state index contributed by atoms with van der Waals surface area (Å²) in [7, 11) is 1.89. The van der Waals surface area contributed by atoms with E-state index in [4.69, 9.17) is 4.84 Å². The summed E-state index contributed by atoms with van der Waals surface area (Å²) >= 11 is 0. The first-order valence-electron chi connectivity index (χ1n) is 5.85. The van der Waals surface area contributed by atoms with Crippen LogP contribution >= 0.6 is 0 Å². The third kappa shape index (κ3) is 3.63. The van der Waals surface area contributed by atoms with Crippen LogP contribution in [-0.2, 0) is 11.4 Å². The van der Waals surface area contributed by atoms with Crippen LogP contribution in [0.2, 0.25) is 0 Å². The van der Waals surface area contributed by atoms with Crippen LogP contribution < -0.4 is 5.32 Å². The van der Waals surface area contributed by atoms with Crippen molar-refractivity contribution in [1.29, 1.82) is 0 Å². The van der Waals surface area contributed by atoms with E-state index in [-0.39, 0.29) is 0 Å². The van der Waals surface area contributed by atoms with E-state index in [0.29, 0.717) is 6.61 Å². The van der Waals surface area contributed by atoms with E-state index < -0.39 is 0 Å². The maximum absolute atomic E-state index is 5.25. The lowest BCUT2D eigenvalue weighted by Crippen LogP contribution is -1.90. The zero-order valence-corrected chi connectivity index (χ0v) is 10.3. The maximum atomic E-state index is 5.25. The highest BCUT2D eigenvalue weighted by molar-refractivity contribution is 5.80. The average Bonchev–Trinajstić information content (AvgIpc) is 2.45. The van der Waals surface area contributed by atoms with Gasteiger partial charge < -0.3 is 10.2 Å². The minimum absolute atomic E-state index is 0.489. The summed E-state index contributed by atoms with van der Waals surface area (Å²) in [6.07, 6.45) is 1.71. The van der Waals surface area contributed by atoms with E-state index in [9.17, 15) is 0 Å². The second-order valence-electron chi connectivity index (χ2n) is 3.87. The number of anilines is 1. The highest BCUT2D eigenvalue weighted by Gasteiger charge is 1.92. The molecular formula is C15H16N2O. The monoisotopic (exact) mass is 240 g/mol. The zero-order valence-electron chi connectivity index (χ0n) is 10.3. The molecule has 0 saturated carbocycles. The summed E-state index contributed by atoms with van der Waals surface area (Å²) in [6.45, 7) is 0.489. The second kappa shape index (κ2) is 6.45. The number of benzene rings is 2. The second-order valence-corrected chi connectivity index (χ2v) is 3.87. The molecule has 0 aliphatic carbocycles. The predicted octanol–water partition coefficient (Wildman–Crippen LogP) is 3.28. The molecule has 0 aromatic heterocycles. The fourth-order valence-corrected chi connectivity index (χ4v) is 1.56. The molecule has 3 nitrogen and oxygen atoms in total. The van der Waals surface area contributed by atoms with Gasteiger partial charge in [-0.25, -0.2) is 0 Å². The van der Waals surface area contributed by atoms with Crippen LogP contribution in [0.3, 0.4) is 0 Å². The fourth-order valence-electron chi connectivity index (χ4n) is 1.56. The summed E-state index contributed by atoms with van der Waals surface area (Å²) in [5, 5.41) is 7.04. The zero-order chi connectivity index (χ0) is 12.6. The molecule has 2 rings (SSSR count). The molecule has 0 heterocycles. The molecule has 0 saturated heterocycles. The van der Waals surface area contributed by atoms with Crippen molar-refractivity contribution in [3.8, 4) is 0 Å². The molecule has 1 N–H and O–H groups in total. The van der Waals surface area contributed by atoms with Gasteiger partial charge in [-0.2, -0.15) is 0 Å². The first-order valence-corrected chi connectivity index (χ1v) is 5.85. The Morgan fingerprint density at radius 2 is 1.94 bits per heavy atom. The Morgan fingerprint density at radius 1 is 1.11 bits per heavy atom. The molecule has 18 heavy (non-hydrogen) atoms. The van der Waals surface area contributed by atoms with E-state index in [2.05, 4.69) is 10.5 Å². The van der Waals surface area contributed by atoms with E-state index in [1.807, 2.05) is 61.6 Å². The topological polar surface area (TPSA) is 33.6 Å². The Bertz CT molecular complexity index is 509. The van der Waals surface area contributed by atoms with Gasteiger partial charge in [0, 0.05) is 12.7 Å². The summed E-state index contributed by atoms with van der Waals surface area (Å²) in [4.78, 5) is 5.25. The summed E-state index contributed by atoms with van der Waals surface area (Å²) in [5.41, 5.74) is 3.18. The van der Waals surface area contributed by atoms with Crippen molar-refractivity contribution in [2.45, 2.75) is 6.61 Å². The molecule has 2 aromatic rings. The summed E-state index contributed by atoms with van der Waals surface area (Å²) in [6, 6.07) is 17.9. The lowest BCUT2D eigenvalue weighted by atomic mass is 10.2. The van der Waals surface area contributed by atoms with Crippen LogP contribution in [-0.4, -0.2) is 13.3 Å². The van der Waals surface area contributed by atoms with Crippen LogP contribution in [0.5, 0.6) is 0 Å². The van der Waals surface area contributed by atoms with Gasteiger partial charge in [-0.1, -0.05) is 47.6 Å². The first-order chi connectivity index (χ1) is 8.88. The van der Waals surface area contributed by atoms with Crippen LogP contribution in [0.25, 0.3) is 0 Å². The minimum Gasteiger partial charge on any atom is -0.391 e. The standard InChI is InChI=1S/C15H16N2O/c1-16-15-9-5-8-14(10-15)11-17-18-12-13-6-3-2-4-7-13/h2-11,16H,12H2,1H3. The molecule has 3 heteroatoms. The number of rotatable bonds is 5. The highest BCUT2D eigenvalue weighted by Crippen LogP contribution is 2.08. The molecule has 2 aromatic carbocycles. The Labute approximate surface area is 107 Å². The number of nitrogens with one attached hydrogen (secondary N) is 1.